The van der Waals surface area contributed by atoms with Crippen molar-refractivity contribution in [2.45, 2.75) is 0 Å². The molecule has 0 saturated carbocycles. The van der Waals surface area contributed by atoms with E-state index in [0.29, 0.717) is 5.13 Å². The zero-order valence-electron chi connectivity index (χ0n) is 5.30. The average molecular weight is 231 g/mol. The monoisotopic (exact) mass is 230 g/mol. The molecule has 0 unspecified atom stereocenters. The smallest absolute Gasteiger partial charge is 0.291 e. The first kappa shape index (κ1) is 8.24. The van der Waals surface area contributed by atoms with Gasteiger partial charge >= 0.3 is 5.91 Å². The zero-order valence-corrected chi connectivity index (χ0v) is 7.70. The second kappa shape index (κ2) is 3.51. The maximum Gasteiger partial charge on any atom is 0.301 e. The lowest BCUT2D eigenvalue weighted by Crippen LogP contribution is -2.07. The Labute approximate surface area is 76.0 Å². The van der Waals surface area contributed by atoms with Gasteiger partial charge in [0, 0.05) is 0 Å². The molecule has 0 spiro atoms. The van der Waals surface area contributed by atoms with E-state index in [2.05, 4.69) is 26.2 Å². The van der Waals surface area contributed by atoms with Crippen molar-refractivity contribution in [1.82, 2.24) is 4.98 Å². The van der Waals surface area contributed by atoms with E-state index in [4.69, 9.17) is 6.42 Å². The first-order valence-corrected chi connectivity index (χ1v) is 4.22. The highest BCUT2D eigenvalue weighted by atomic mass is 79.9. The highest BCUT2D eigenvalue weighted by molar-refractivity contribution is 9.11. The number of carbonyl (C=O) groups is 1. The maximum absolute atomic E-state index is 10.6. The van der Waals surface area contributed by atoms with Gasteiger partial charge in [-0.1, -0.05) is 11.3 Å². The Morgan fingerprint density at radius 1 is 1.91 bits per heavy atom. The fourth-order valence-corrected chi connectivity index (χ4v) is 1.55. The van der Waals surface area contributed by atoms with E-state index in [1.807, 2.05) is 5.92 Å². The second-order valence-corrected chi connectivity index (χ2v) is 3.98. The van der Waals surface area contributed by atoms with Crippen LogP contribution in [0.15, 0.2) is 9.98 Å². The number of amides is 1. The van der Waals surface area contributed by atoms with E-state index in [1.165, 1.54) is 11.3 Å². The fourth-order valence-electron chi connectivity index (χ4n) is 0.445. The van der Waals surface area contributed by atoms with Gasteiger partial charge in [-0.05, 0) is 21.9 Å². The van der Waals surface area contributed by atoms with Gasteiger partial charge in [0.1, 0.15) is 0 Å². The number of nitrogens with one attached hydrogen (secondary N) is 1. The Morgan fingerprint density at radius 2 is 2.64 bits per heavy atom. The topological polar surface area (TPSA) is 42.0 Å². The molecule has 11 heavy (non-hydrogen) atoms. The summed E-state index contributed by atoms with van der Waals surface area (Å²) in [7, 11) is 0. The number of hydrogen-bond donors (Lipinski definition) is 1. The summed E-state index contributed by atoms with van der Waals surface area (Å²) in [5, 5.41) is 2.91. The van der Waals surface area contributed by atoms with Crippen LogP contribution in [0.3, 0.4) is 0 Å². The van der Waals surface area contributed by atoms with Crippen molar-refractivity contribution >= 4 is 38.3 Å². The lowest BCUT2D eigenvalue weighted by molar-refractivity contribution is -0.111. The van der Waals surface area contributed by atoms with Crippen molar-refractivity contribution in [3.63, 3.8) is 0 Å². The predicted octanol–water partition coefficient (Wildman–Crippen LogP) is 1.48. The molecule has 0 saturated heterocycles. The van der Waals surface area contributed by atoms with Crippen molar-refractivity contribution in [3.05, 3.63) is 9.98 Å². The molecule has 3 nitrogen and oxygen atoms in total. The minimum atomic E-state index is -0.480. The standard InChI is InChI=1S/C6H3BrN2OS/c1-2-5(10)9-6-8-3-4(7)11-6/h1,3H,(H,8,9,10). The molecule has 0 bridgehead atoms. The van der Waals surface area contributed by atoms with Crippen molar-refractivity contribution in [2.75, 3.05) is 5.32 Å². The number of hydrogen-bond acceptors (Lipinski definition) is 3. The number of thiazole rings is 1. The molecule has 56 valence electrons. The average Bonchev–Trinajstić information content (AvgIpc) is 2.35. The highest BCUT2D eigenvalue weighted by Crippen LogP contribution is 2.22. The Balaban J connectivity index is 2.66. The SMILES string of the molecule is C#CC(=O)Nc1ncc(Br)s1. The van der Waals surface area contributed by atoms with E-state index < -0.39 is 5.91 Å². The number of aromatic nitrogens is 1. The molecule has 0 aliphatic heterocycles. The van der Waals surface area contributed by atoms with E-state index >= 15 is 0 Å². The third-order valence-corrected chi connectivity index (χ3v) is 2.22. The fraction of sp³-hybridized carbons (Fsp3) is 0. The first-order valence-electron chi connectivity index (χ1n) is 2.61. The van der Waals surface area contributed by atoms with Gasteiger partial charge in [0.25, 0.3) is 0 Å². The Morgan fingerprint density at radius 3 is 3.09 bits per heavy atom. The Hall–Kier alpha value is -0.860. The van der Waals surface area contributed by atoms with Crippen LogP contribution in [0.25, 0.3) is 0 Å². The molecule has 1 rings (SSSR count). The van der Waals surface area contributed by atoms with Gasteiger partial charge in [-0.15, -0.1) is 6.42 Å². The number of nitrogens with zero attached hydrogens (tertiary/aromatic N) is 1. The molecule has 0 radical (unpaired) electrons. The summed E-state index contributed by atoms with van der Waals surface area (Å²) >= 11 is 4.51. The summed E-state index contributed by atoms with van der Waals surface area (Å²) in [4.78, 5) is 14.4. The van der Waals surface area contributed by atoms with Crippen LogP contribution in [-0.4, -0.2) is 10.9 Å². The molecule has 0 fully saturated rings. The van der Waals surface area contributed by atoms with Crippen molar-refractivity contribution < 1.29 is 4.79 Å². The largest absolute Gasteiger partial charge is 0.301 e. The van der Waals surface area contributed by atoms with Gasteiger partial charge in [0.05, 0.1) is 9.98 Å². The van der Waals surface area contributed by atoms with Crippen LogP contribution in [0.5, 0.6) is 0 Å². The van der Waals surface area contributed by atoms with Crippen molar-refractivity contribution in [3.8, 4) is 12.3 Å². The molecule has 1 heterocycles. The van der Waals surface area contributed by atoms with Crippen LogP contribution in [-0.2, 0) is 4.79 Å². The number of halogens is 1. The van der Waals surface area contributed by atoms with E-state index in [-0.39, 0.29) is 0 Å². The van der Waals surface area contributed by atoms with E-state index in [9.17, 15) is 4.79 Å². The molecule has 5 heteroatoms. The number of anilines is 1. The molecule has 0 aliphatic rings. The summed E-state index contributed by atoms with van der Waals surface area (Å²) in [6, 6.07) is 0. The lowest BCUT2D eigenvalue weighted by atomic mass is 10.6. The molecule has 1 N–H and O–H groups in total. The van der Waals surface area contributed by atoms with Gasteiger partial charge in [-0.2, -0.15) is 0 Å². The van der Waals surface area contributed by atoms with E-state index in [1.54, 1.807) is 6.20 Å². The Kier molecular flexibility index (Phi) is 2.63. The maximum atomic E-state index is 10.6. The van der Waals surface area contributed by atoms with Crippen molar-refractivity contribution in [2.24, 2.45) is 0 Å². The third kappa shape index (κ3) is 2.33. The van der Waals surface area contributed by atoms with Crippen LogP contribution in [0.2, 0.25) is 0 Å². The van der Waals surface area contributed by atoms with Crippen LogP contribution >= 0.6 is 27.3 Å². The summed E-state index contributed by atoms with van der Waals surface area (Å²) in [5.41, 5.74) is 0. The highest BCUT2D eigenvalue weighted by Gasteiger charge is 2.01. The van der Waals surface area contributed by atoms with Gasteiger partial charge < -0.3 is 0 Å². The predicted molar refractivity (Wildman–Crippen MR) is 47.3 cm³/mol. The third-order valence-electron chi connectivity index (χ3n) is 0.829. The minimum Gasteiger partial charge on any atom is -0.291 e. The summed E-state index contributed by atoms with van der Waals surface area (Å²) in [6.45, 7) is 0. The quantitative estimate of drug-likeness (QED) is 0.743. The number of carbonyl (C=O) groups excluding carboxylic acids is 1. The van der Waals surface area contributed by atoms with Crippen LogP contribution < -0.4 is 5.32 Å². The molecule has 1 amide bonds. The van der Waals surface area contributed by atoms with E-state index in [0.717, 1.165) is 3.79 Å². The zero-order chi connectivity index (χ0) is 8.27. The molecular formula is C6H3BrN2OS. The number of terminal acetylenes is 1. The molecular weight excluding hydrogens is 228 g/mol. The molecule has 0 aromatic carbocycles. The van der Waals surface area contributed by atoms with Gasteiger partial charge in [0.15, 0.2) is 5.13 Å². The summed E-state index contributed by atoms with van der Waals surface area (Å²) in [5.74, 6) is 1.44. The molecule has 0 aliphatic carbocycles. The molecule has 1 aromatic rings. The number of rotatable bonds is 1. The molecule has 0 atom stereocenters. The second-order valence-electron chi connectivity index (χ2n) is 1.57. The molecule has 1 aromatic heterocycles. The summed E-state index contributed by atoms with van der Waals surface area (Å²) in [6.07, 6.45) is 6.42. The minimum absolute atomic E-state index is 0.480. The van der Waals surface area contributed by atoms with Crippen LogP contribution in [0, 0.1) is 12.3 Å². The van der Waals surface area contributed by atoms with Crippen LogP contribution in [0.4, 0.5) is 5.13 Å². The van der Waals surface area contributed by atoms with Crippen molar-refractivity contribution in [1.29, 1.82) is 0 Å². The van der Waals surface area contributed by atoms with Gasteiger partial charge in [0.2, 0.25) is 0 Å². The van der Waals surface area contributed by atoms with Gasteiger partial charge in [-0.25, -0.2) is 4.98 Å². The van der Waals surface area contributed by atoms with Crippen LogP contribution in [0.1, 0.15) is 0 Å². The normalized spacial score (nSPS) is 8.73. The summed E-state index contributed by atoms with van der Waals surface area (Å²) < 4.78 is 0.852. The van der Waals surface area contributed by atoms with Gasteiger partial charge in [-0.3, -0.25) is 10.1 Å². The first-order chi connectivity index (χ1) is 5.22. The Bertz CT molecular complexity index is 315. The lowest BCUT2D eigenvalue weighted by Gasteiger charge is -1.90.